The molecule has 4 heteroatoms. The van der Waals surface area contributed by atoms with Gasteiger partial charge in [0.25, 0.3) is 0 Å². The first-order chi connectivity index (χ1) is 8.70. The minimum Gasteiger partial charge on any atom is -0.310 e. The van der Waals surface area contributed by atoms with Crippen LogP contribution < -0.4 is 5.32 Å². The van der Waals surface area contributed by atoms with E-state index in [0.717, 1.165) is 32.5 Å². The van der Waals surface area contributed by atoms with Crippen LogP contribution >= 0.6 is 0 Å². The number of likely N-dealkylation sites (tertiary alicyclic amines) is 1. The highest BCUT2D eigenvalue weighted by molar-refractivity contribution is 5.19. The van der Waals surface area contributed by atoms with Crippen molar-refractivity contribution in [2.24, 2.45) is 0 Å². The Bertz CT molecular complexity index is 367. The van der Waals surface area contributed by atoms with Crippen LogP contribution in [0.1, 0.15) is 25.3 Å². The summed E-state index contributed by atoms with van der Waals surface area (Å²) >= 11 is 0. The third kappa shape index (κ3) is 3.27. The molecule has 0 bridgehead atoms. The first-order valence-electron chi connectivity index (χ1n) is 6.59. The van der Waals surface area contributed by atoms with Gasteiger partial charge in [0.05, 0.1) is 0 Å². The van der Waals surface area contributed by atoms with Crippen LogP contribution in [0.5, 0.6) is 0 Å². The Morgan fingerprint density at radius 1 is 1.22 bits per heavy atom. The lowest BCUT2D eigenvalue weighted by molar-refractivity contribution is 0.205. The van der Waals surface area contributed by atoms with Gasteiger partial charge in [-0.2, -0.15) is 0 Å². The molecular formula is C14H20F2N2. The fraction of sp³-hybridized carbons (Fsp3) is 0.571. The molecule has 1 N–H and O–H groups in total. The van der Waals surface area contributed by atoms with Crippen LogP contribution in [-0.4, -0.2) is 30.6 Å². The van der Waals surface area contributed by atoms with E-state index < -0.39 is 11.6 Å². The molecule has 2 rings (SSSR count). The summed E-state index contributed by atoms with van der Waals surface area (Å²) < 4.78 is 26.9. The van der Waals surface area contributed by atoms with Crippen LogP contribution in [0.2, 0.25) is 0 Å². The molecular weight excluding hydrogens is 234 g/mol. The van der Waals surface area contributed by atoms with Crippen molar-refractivity contribution in [3.63, 3.8) is 0 Å². The fourth-order valence-corrected chi connectivity index (χ4v) is 2.40. The number of piperidine rings is 1. The van der Waals surface area contributed by atoms with Crippen molar-refractivity contribution in [2.75, 3.05) is 19.6 Å². The zero-order chi connectivity index (χ0) is 13.0. The highest BCUT2D eigenvalue weighted by Crippen LogP contribution is 2.14. The van der Waals surface area contributed by atoms with Crippen LogP contribution in [0.15, 0.2) is 18.2 Å². The molecule has 2 nitrogen and oxygen atoms in total. The summed E-state index contributed by atoms with van der Waals surface area (Å²) in [6.45, 7) is 5.63. The summed E-state index contributed by atoms with van der Waals surface area (Å²) in [5.41, 5.74) is 0.149. The lowest BCUT2D eigenvalue weighted by Gasteiger charge is -2.31. The summed E-state index contributed by atoms with van der Waals surface area (Å²) in [5.74, 6) is -0.929. The number of rotatable bonds is 4. The van der Waals surface area contributed by atoms with Crippen molar-refractivity contribution in [1.82, 2.24) is 10.2 Å². The average Bonchev–Trinajstić information content (AvgIpc) is 2.39. The minimum atomic E-state index is -0.464. The predicted molar refractivity (Wildman–Crippen MR) is 68.3 cm³/mol. The van der Waals surface area contributed by atoms with Crippen molar-refractivity contribution in [3.05, 3.63) is 35.4 Å². The van der Waals surface area contributed by atoms with E-state index >= 15 is 0 Å². The molecule has 1 aliphatic rings. The smallest absolute Gasteiger partial charge is 0.130 e. The molecule has 1 aliphatic heterocycles. The average molecular weight is 254 g/mol. The molecule has 0 spiro atoms. The van der Waals surface area contributed by atoms with E-state index in [0.29, 0.717) is 6.04 Å². The van der Waals surface area contributed by atoms with Gasteiger partial charge in [-0.15, -0.1) is 0 Å². The Morgan fingerprint density at radius 3 is 2.39 bits per heavy atom. The lowest BCUT2D eigenvalue weighted by atomic mass is 10.0. The van der Waals surface area contributed by atoms with Crippen molar-refractivity contribution in [3.8, 4) is 0 Å². The second-order valence-electron chi connectivity index (χ2n) is 4.79. The molecule has 0 aliphatic carbocycles. The van der Waals surface area contributed by atoms with Gasteiger partial charge >= 0.3 is 0 Å². The fourth-order valence-electron chi connectivity index (χ4n) is 2.40. The number of nitrogens with zero attached hydrogens (tertiary/aromatic N) is 1. The molecule has 1 heterocycles. The highest BCUT2D eigenvalue weighted by atomic mass is 19.1. The SMILES string of the molecule is CCN1CCC(NCc2c(F)cccc2F)CC1. The van der Waals surface area contributed by atoms with Crippen LogP contribution in [0.4, 0.5) is 8.78 Å². The van der Waals surface area contributed by atoms with Gasteiger partial charge < -0.3 is 10.2 Å². The summed E-state index contributed by atoms with van der Waals surface area (Å²) in [5, 5.41) is 3.26. The Balaban J connectivity index is 1.85. The zero-order valence-corrected chi connectivity index (χ0v) is 10.8. The van der Waals surface area contributed by atoms with E-state index in [2.05, 4.69) is 17.1 Å². The highest BCUT2D eigenvalue weighted by Gasteiger charge is 2.18. The van der Waals surface area contributed by atoms with Gasteiger partial charge in [0.1, 0.15) is 11.6 Å². The first-order valence-corrected chi connectivity index (χ1v) is 6.59. The Kier molecular flexibility index (Phi) is 4.66. The molecule has 1 aromatic rings. The molecule has 0 amide bonds. The quantitative estimate of drug-likeness (QED) is 0.888. The van der Waals surface area contributed by atoms with Gasteiger partial charge in [-0.25, -0.2) is 8.78 Å². The predicted octanol–water partition coefficient (Wildman–Crippen LogP) is 2.54. The molecule has 0 aromatic heterocycles. The molecule has 18 heavy (non-hydrogen) atoms. The van der Waals surface area contributed by atoms with Crippen LogP contribution in [0.25, 0.3) is 0 Å². The molecule has 0 unspecified atom stereocenters. The second-order valence-corrected chi connectivity index (χ2v) is 4.79. The maximum Gasteiger partial charge on any atom is 0.130 e. The largest absolute Gasteiger partial charge is 0.310 e. The van der Waals surface area contributed by atoms with Gasteiger partial charge in [0.15, 0.2) is 0 Å². The van der Waals surface area contributed by atoms with Crippen molar-refractivity contribution < 1.29 is 8.78 Å². The lowest BCUT2D eigenvalue weighted by Crippen LogP contribution is -2.42. The van der Waals surface area contributed by atoms with Crippen LogP contribution in [0, 0.1) is 11.6 Å². The van der Waals surface area contributed by atoms with Crippen molar-refractivity contribution in [1.29, 1.82) is 0 Å². The molecule has 1 saturated heterocycles. The maximum absolute atomic E-state index is 13.4. The number of halogens is 2. The third-order valence-electron chi connectivity index (χ3n) is 3.66. The number of hydrogen-bond acceptors (Lipinski definition) is 2. The molecule has 0 radical (unpaired) electrons. The molecule has 100 valence electrons. The first kappa shape index (κ1) is 13.4. The van der Waals surface area contributed by atoms with E-state index in [-0.39, 0.29) is 12.1 Å². The normalized spacial score (nSPS) is 18.2. The number of hydrogen-bond donors (Lipinski definition) is 1. The minimum absolute atomic E-state index is 0.149. The van der Waals surface area contributed by atoms with Gasteiger partial charge in [-0.3, -0.25) is 0 Å². The van der Waals surface area contributed by atoms with Gasteiger partial charge in [0, 0.05) is 18.2 Å². The topological polar surface area (TPSA) is 15.3 Å². The van der Waals surface area contributed by atoms with Crippen molar-refractivity contribution >= 4 is 0 Å². The second kappa shape index (κ2) is 6.25. The van der Waals surface area contributed by atoms with Gasteiger partial charge in [0.2, 0.25) is 0 Å². The molecule has 1 aromatic carbocycles. The molecule has 1 fully saturated rings. The molecule has 0 atom stereocenters. The number of nitrogens with one attached hydrogen (secondary N) is 1. The van der Waals surface area contributed by atoms with Crippen molar-refractivity contribution in [2.45, 2.75) is 32.4 Å². The van der Waals surface area contributed by atoms with E-state index in [4.69, 9.17) is 0 Å². The Labute approximate surface area is 107 Å². The Morgan fingerprint density at radius 2 is 1.83 bits per heavy atom. The summed E-state index contributed by atoms with van der Waals surface area (Å²) in [4.78, 5) is 2.39. The maximum atomic E-state index is 13.4. The van der Waals surface area contributed by atoms with E-state index in [1.165, 1.54) is 18.2 Å². The molecule has 0 saturated carbocycles. The third-order valence-corrected chi connectivity index (χ3v) is 3.66. The summed E-state index contributed by atoms with van der Waals surface area (Å²) in [6.07, 6.45) is 2.09. The Hall–Kier alpha value is -1.00. The van der Waals surface area contributed by atoms with Gasteiger partial charge in [-0.05, 0) is 44.6 Å². The monoisotopic (exact) mass is 254 g/mol. The number of benzene rings is 1. The van der Waals surface area contributed by atoms with Gasteiger partial charge in [-0.1, -0.05) is 13.0 Å². The summed E-state index contributed by atoms with van der Waals surface area (Å²) in [7, 11) is 0. The van der Waals surface area contributed by atoms with E-state index in [1.54, 1.807) is 0 Å². The van der Waals surface area contributed by atoms with Crippen LogP contribution in [0.3, 0.4) is 0 Å². The zero-order valence-electron chi connectivity index (χ0n) is 10.8. The van der Waals surface area contributed by atoms with Crippen LogP contribution in [-0.2, 0) is 6.54 Å². The standard InChI is InChI=1S/C14H20F2N2/c1-2-18-8-6-11(7-9-18)17-10-12-13(15)4-3-5-14(12)16/h3-5,11,17H,2,6-10H2,1H3. The summed E-state index contributed by atoms with van der Waals surface area (Å²) in [6, 6.07) is 4.37. The van der Waals surface area contributed by atoms with E-state index in [1.807, 2.05) is 0 Å². The van der Waals surface area contributed by atoms with E-state index in [9.17, 15) is 8.78 Å².